The van der Waals surface area contributed by atoms with Gasteiger partial charge in [0.05, 0.1) is 11.6 Å². The summed E-state index contributed by atoms with van der Waals surface area (Å²) in [5, 5.41) is 9.48. The van der Waals surface area contributed by atoms with Gasteiger partial charge in [0, 0.05) is 18.5 Å². The molecule has 1 aliphatic heterocycles. The number of hydrogen-bond donors (Lipinski definition) is 2. The number of aliphatic hydroxyl groups is 1. The Morgan fingerprint density at radius 2 is 2.11 bits per heavy atom. The number of thiocarbonyl (C=S) groups is 1. The third-order valence-corrected chi connectivity index (χ3v) is 4.21. The fraction of sp³-hybridized carbons (Fsp3) is 0.533. The number of likely N-dealkylation sites (tertiary alicyclic amines) is 1. The molecule has 1 aliphatic rings. The highest BCUT2D eigenvalue weighted by molar-refractivity contribution is 7.80. The quantitative estimate of drug-likeness (QED) is 0.808. The van der Waals surface area contributed by atoms with Crippen LogP contribution < -0.4 is 5.73 Å². The van der Waals surface area contributed by atoms with Crippen LogP contribution >= 0.6 is 12.2 Å². The second kappa shape index (κ2) is 6.98. The summed E-state index contributed by atoms with van der Waals surface area (Å²) in [6, 6.07) is 10.4. The van der Waals surface area contributed by atoms with Crippen molar-refractivity contribution >= 4 is 17.2 Å². The minimum Gasteiger partial charge on any atom is -0.395 e. The van der Waals surface area contributed by atoms with Crippen LogP contribution in [0.5, 0.6) is 0 Å². The van der Waals surface area contributed by atoms with Crippen LogP contribution in [0.2, 0.25) is 0 Å². The number of hydrogen-bond acceptors (Lipinski definition) is 3. The molecule has 2 unspecified atom stereocenters. The number of benzene rings is 1. The van der Waals surface area contributed by atoms with Gasteiger partial charge < -0.3 is 10.8 Å². The van der Waals surface area contributed by atoms with Gasteiger partial charge in [-0.3, -0.25) is 4.90 Å². The van der Waals surface area contributed by atoms with Crippen molar-refractivity contribution in [2.24, 2.45) is 5.73 Å². The van der Waals surface area contributed by atoms with E-state index >= 15 is 0 Å². The largest absolute Gasteiger partial charge is 0.395 e. The topological polar surface area (TPSA) is 49.5 Å². The van der Waals surface area contributed by atoms with Gasteiger partial charge in [-0.05, 0) is 24.9 Å². The van der Waals surface area contributed by atoms with Gasteiger partial charge in [-0.1, -0.05) is 49.0 Å². The molecule has 4 heteroatoms. The molecule has 1 aromatic carbocycles. The van der Waals surface area contributed by atoms with Crippen molar-refractivity contribution in [3.05, 3.63) is 35.9 Å². The fourth-order valence-electron chi connectivity index (χ4n) is 2.79. The second-order valence-electron chi connectivity index (χ2n) is 5.19. The van der Waals surface area contributed by atoms with Crippen LogP contribution in [0.4, 0.5) is 0 Å². The summed E-state index contributed by atoms with van der Waals surface area (Å²) >= 11 is 5.23. The molecule has 3 nitrogen and oxygen atoms in total. The van der Waals surface area contributed by atoms with Gasteiger partial charge in [0.15, 0.2) is 0 Å². The average Bonchev–Trinajstić information content (AvgIpc) is 2.45. The molecule has 2 rings (SSSR count). The highest BCUT2D eigenvalue weighted by atomic mass is 32.1. The SMILES string of the molecule is NC(=S)C(CN1CCCCC1CO)c1ccccc1. The summed E-state index contributed by atoms with van der Waals surface area (Å²) in [5.41, 5.74) is 7.08. The Bertz CT molecular complexity index is 410. The van der Waals surface area contributed by atoms with E-state index in [-0.39, 0.29) is 18.6 Å². The standard InChI is InChI=1S/C15H22N2OS/c16-15(19)14(12-6-2-1-3-7-12)10-17-9-5-4-8-13(17)11-18/h1-3,6-7,13-14,18H,4-5,8-11H2,(H2,16,19). The zero-order valence-electron chi connectivity index (χ0n) is 11.2. The van der Waals surface area contributed by atoms with E-state index in [0.717, 1.165) is 25.1 Å². The maximum Gasteiger partial charge on any atom is 0.0816 e. The third kappa shape index (κ3) is 3.75. The van der Waals surface area contributed by atoms with Crippen LogP contribution in [-0.2, 0) is 0 Å². The molecule has 19 heavy (non-hydrogen) atoms. The molecule has 1 heterocycles. The summed E-state index contributed by atoms with van der Waals surface area (Å²) in [6.07, 6.45) is 3.45. The van der Waals surface area contributed by atoms with Crippen LogP contribution in [0.15, 0.2) is 30.3 Å². The summed E-state index contributed by atoms with van der Waals surface area (Å²) < 4.78 is 0. The second-order valence-corrected chi connectivity index (χ2v) is 5.66. The van der Waals surface area contributed by atoms with Crippen molar-refractivity contribution in [2.45, 2.75) is 31.2 Å². The zero-order valence-corrected chi connectivity index (χ0v) is 12.0. The lowest BCUT2D eigenvalue weighted by atomic mass is 9.95. The van der Waals surface area contributed by atoms with E-state index in [0.29, 0.717) is 4.99 Å². The number of piperidine rings is 1. The maximum absolute atomic E-state index is 9.48. The van der Waals surface area contributed by atoms with Crippen molar-refractivity contribution in [1.82, 2.24) is 4.90 Å². The lowest BCUT2D eigenvalue weighted by Gasteiger charge is -2.36. The van der Waals surface area contributed by atoms with Gasteiger partial charge in [0.25, 0.3) is 0 Å². The molecular formula is C15H22N2OS. The monoisotopic (exact) mass is 278 g/mol. The Morgan fingerprint density at radius 1 is 1.37 bits per heavy atom. The van der Waals surface area contributed by atoms with Gasteiger partial charge in [-0.2, -0.15) is 0 Å². The number of nitrogens with zero attached hydrogens (tertiary/aromatic N) is 1. The van der Waals surface area contributed by atoms with E-state index in [1.165, 1.54) is 12.8 Å². The average molecular weight is 278 g/mol. The first-order valence-electron chi connectivity index (χ1n) is 6.91. The van der Waals surface area contributed by atoms with Crippen molar-refractivity contribution < 1.29 is 5.11 Å². The molecule has 0 spiro atoms. The molecule has 0 bridgehead atoms. The first-order chi connectivity index (χ1) is 9.22. The van der Waals surface area contributed by atoms with Gasteiger partial charge in [-0.25, -0.2) is 0 Å². The molecule has 0 aromatic heterocycles. The lowest BCUT2D eigenvalue weighted by Crippen LogP contribution is -2.45. The van der Waals surface area contributed by atoms with Gasteiger partial charge in [0.2, 0.25) is 0 Å². The normalized spacial score (nSPS) is 22.1. The predicted molar refractivity (Wildman–Crippen MR) is 82.3 cm³/mol. The molecule has 0 radical (unpaired) electrons. The maximum atomic E-state index is 9.48. The van der Waals surface area contributed by atoms with E-state index in [9.17, 15) is 5.11 Å². The van der Waals surface area contributed by atoms with E-state index in [1.54, 1.807) is 0 Å². The van der Waals surface area contributed by atoms with Crippen LogP contribution in [0.25, 0.3) is 0 Å². The van der Waals surface area contributed by atoms with Crippen molar-refractivity contribution in [1.29, 1.82) is 0 Å². The molecule has 0 amide bonds. The number of rotatable bonds is 5. The van der Waals surface area contributed by atoms with Gasteiger partial charge >= 0.3 is 0 Å². The van der Waals surface area contributed by atoms with Crippen molar-refractivity contribution in [2.75, 3.05) is 19.7 Å². The third-order valence-electron chi connectivity index (χ3n) is 3.92. The van der Waals surface area contributed by atoms with Crippen molar-refractivity contribution in [3.63, 3.8) is 0 Å². The van der Waals surface area contributed by atoms with E-state index in [1.807, 2.05) is 18.2 Å². The first kappa shape index (κ1) is 14.4. The van der Waals surface area contributed by atoms with Gasteiger partial charge in [0.1, 0.15) is 0 Å². The Morgan fingerprint density at radius 3 is 2.74 bits per heavy atom. The molecule has 1 aromatic rings. The summed E-state index contributed by atoms with van der Waals surface area (Å²) in [5.74, 6) is 0.0725. The molecule has 104 valence electrons. The van der Waals surface area contributed by atoms with E-state index in [2.05, 4.69) is 17.0 Å². The zero-order chi connectivity index (χ0) is 13.7. The van der Waals surface area contributed by atoms with Crippen LogP contribution in [0.3, 0.4) is 0 Å². The Labute approximate surface area is 120 Å². The minimum atomic E-state index is 0.0725. The molecular weight excluding hydrogens is 256 g/mol. The molecule has 0 aliphatic carbocycles. The van der Waals surface area contributed by atoms with E-state index in [4.69, 9.17) is 18.0 Å². The van der Waals surface area contributed by atoms with E-state index < -0.39 is 0 Å². The Kier molecular flexibility index (Phi) is 5.31. The van der Waals surface area contributed by atoms with Crippen molar-refractivity contribution in [3.8, 4) is 0 Å². The lowest BCUT2D eigenvalue weighted by molar-refractivity contribution is 0.0894. The fourth-order valence-corrected chi connectivity index (χ4v) is 3.00. The highest BCUT2D eigenvalue weighted by Crippen LogP contribution is 2.23. The van der Waals surface area contributed by atoms with Crippen LogP contribution in [0.1, 0.15) is 30.7 Å². The summed E-state index contributed by atoms with van der Waals surface area (Å²) in [6.45, 7) is 2.06. The van der Waals surface area contributed by atoms with Gasteiger partial charge in [-0.15, -0.1) is 0 Å². The van der Waals surface area contributed by atoms with Crippen LogP contribution in [-0.4, -0.2) is 40.7 Å². The molecule has 0 saturated carbocycles. The first-order valence-corrected chi connectivity index (χ1v) is 7.32. The molecule has 3 N–H and O–H groups in total. The Balaban J connectivity index is 2.10. The summed E-state index contributed by atoms with van der Waals surface area (Å²) in [4.78, 5) is 2.87. The molecule has 1 fully saturated rings. The molecule has 1 saturated heterocycles. The highest BCUT2D eigenvalue weighted by Gasteiger charge is 2.26. The number of nitrogens with two attached hydrogens (primary N) is 1. The smallest absolute Gasteiger partial charge is 0.0816 e. The minimum absolute atomic E-state index is 0.0725. The molecule has 2 atom stereocenters. The van der Waals surface area contributed by atoms with Crippen LogP contribution in [0, 0.1) is 0 Å². The Hall–Kier alpha value is -0.970. The predicted octanol–water partition coefficient (Wildman–Crippen LogP) is 1.90. The summed E-state index contributed by atoms with van der Waals surface area (Å²) in [7, 11) is 0. The number of aliphatic hydroxyl groups excluding tert-OH is 1.